The summed E-state index contributed by atoms with van der Waals surface area (Å²) in [6.45, 7) is 3.95. The molecule has 1 N–H and O–H groups in total. The molecule has 0 amide bonds. The molecule has 3 rings (SSSR count). The van der Waals surface area contributed by atoms with E-state index in [1.807, 2.05) is 12.1 Å². The molecule has 2 fully saturated rings. The molecule has 2 aliphatic carbocycles. The van der Waals surface area contributed by atoms with Gasteiger partial charge in [-0.1, -0.05) is 18.2 Å². The van der Waals surface area contributed by atoms with E-state index in [0.717, 1.165) is 17.8 Å². The van der Waals surface area contributed by atoms with Gasteiger partial charge >= 0.3 is 0 Å². The molecule has 0 aliphatic heterocycles. The molecular weight excluding hydrogens is 256 g/mol. The maximum atomic E-state index is 9.40. The molecule has 0 saturated heterocycles. The van der Waals surface area contributed by atoms with Crippen LogP contribution in [0.2, 0.25) is 0 Å². The van der Waals surface area contributed by atoms with Crippen LogP contribution in [-0.4, -0.2) is 5.11 Å². The Labute approximate surface area is 129 Å². The first-order valence-corrected chi connectivity index (χ1v) is 8.67. The van der Waals surface area contributed by atoms with Crippen molar-refractivity contribution in [2.75, 3.05) is 0 Å². The second-order valence-corrected chi connectivity index (χ2v) is 7.11. The second-order valence-electron chi connectivity index (χ2n) is 7.11. The van der Waals surface area contributed by atoms with Crippen LogP contribution in [0.25, 0.3) is 0 Å². The lowest BCUT2D eigenvalue weighted by atomic mass is 9.68. The Balaban J connectivity index is 1.51. The number of benzene rings is 1. The molecule has 1 aromatic rings. The molecule has 0 spiro atoms. The number of aromatic hydroxyl groups is 1. The molecule has 2 saturated carbocycles. The third-order valence-corrected chi connectivity index (χ3v) is 5.95. The van der Waals surface area contributed by atoms with E-state index in [4.69, 9.17) is 0 Å². The van der Waals surface area contributed by atoms with Crippen LogP contribution in [0.5, 0.6) is 5.75 Å². The van der Waals surface area contributed by atoms with E-state index in [1.165, 1.54) is 56.9 Å². The summed E-state index contributed by atoms with van der Waals surface area (Å²) in [6.07, 6.45) is 13.2. The highest BCUT2D eigenvalue weighted by Crippen LogP contribution is 2.44. The minimum atomic E-state index is 0.381. The zero-order chi connectivity index (χ0) is 14.7. The van der Waals surface area contributed by atoms with Crippen molar-refractivity contribution in [3.63, 3.8) is 0 Å². The average Bonchev–Trinajstić information content (AvgIpc) is 2.56. The van der Waals surface area contributed by atoms with Gasteiger partial charge in [0.15, 0.2) is 0 Å². The first-order chi connectivity index (χ1) is 10.3. The fourth-order valence-corrected chi connectivity index (χ4v) is 4.52. The Hall–Kier alpha value is -1.24. The van der Waals surface area contributed by atoms with Gasteiger partial charge in [0.2, 0.25) is 0 Å². The highest BCUT2D eigenvalue weighted by Gasteiger charge is 2.30. The number of phenols is 1. The second kappa shape index (κ2) is 6.68. The monoisotopic (exact) mass is 284 g/mol. The van der Waals surface area contributed by atoms with Gasteiger partial charge in [-0.3, -0.25) is 0 Å². The molecule has 0 atom stereocenters. The molecule has 0 unspecified atom stereocenters. The fourth-order valence-electron chi connectivity index (χ4n) is 4.52. The fraction of sp³-hybridized carbons (Fsp3) is 0.600. The smallest absolute Gasteiger partial charge is 0.115 e. The van der Waals surface area contributed by atoms with Crippen molar-refractivity contribution in [2.45, 2.75) is 57.3 Å². The quantitative estimate of drug-likeness (QED) is 0.710. The summed E-state index contributed by atoms with van der Waals surface area (Å²) in [7, 11) is 0. The lowest BCUT2D eigenvalue weighted by Gasteiger charge is -2.37. The van der Waals surface area contributed by atoms with Crippen LogP contribution in [0.4, 0.5) is 0 Å². The number of allylic oxidation sites excluding steroid dienone is 1. The highest BCUT2D eigenvalue weighted by molar-refractivity contribution is 5.28. The number of hydrogen-bond acceptors (Lipinski definition) is 1. The summed E-state index contributed by atoms with van der Waals surface area (Å²) in [6, 6.07) is 7.88. The van der Waals surface area contributed by atoms with E-state index in [1.54, 1.807) is 0 Å². The van der Waals surface area contributed by atoms with Gasteiger partial charge in [-0.25, -0.2) is 0 Å². The van der Waals surface area contributed by atoms with Crippen molar-refractivity contribution in [1.82, 2.24) is 0 Å². The van der Waals surface area contributed by atoms with Crippen LogP contribution in [-0.2, 0) is 0 Å². The largest absolute Gasteiger partial charge is 0.508 e. The maximum Gasteiger partial charge on any atom is 0.115 e. The van der Waals surface area contributed by atoms with Gasteiger partial charge in [0.05, 0.1) is 0 Å². The number of rotatable bonds is 3. The van der Waals surface area contributed by atoms with Gasteiger partial charge in [0.1, 0.15) is 5.75 Å². The Kier molecular flexibility index (Phi) is 4.67. The van der Waals surface area contributed by atoms with E-state index in [2.05, 4.69) is 24.8 Å². The van der Waals surface area contributed by atoms with Crippen molar-refractivity contribution < 1.29 is 5.11 Å². The Morgan fingerprint density at radius 2 is 1.33 bits per heavy atom. The van der Waals surface area contributed by atoms with E-state index in [0.29, 0.717) is 11.7 Å². The molecule has 0 heterocycles. The summed E-state index contributed by atoms with van der Waals surface area (Å²) in [5.74, 6) is 3.82. The molecule has 1 nitrogen and oxygen atoms in total. The van der Waals surface area contributed by atoms with Crippen LogP contribution in [0.1, 0.15) is 62.8 Å². The van der Waals surface area contributed by atoms with Crippen molar-refractivity contribution in [3.8, 4) is 5.75 Å². The minimum Gasteiger partial charge on any atom is -0.508 e. The van der Waals surface area contributed by atoms with Gasteiger partial charge in [-0.05, 0) is 92.7 Å². The van der Waals surface area contributed by atoms with E-state index < -0.39 is 0 Å². The molecule has 0 aromatic heterocycles. The van der Waals surface area contributed by atoms with Gasteiger partial charge in [-0.15, -0.1) is 6.58 Å². The normalized spacial score (nSPS) is 33.5. The zero-order valence-corrected chi connectivity index (χ0v) is 13.0. The van der Waals surface area contributed by atoms with Crippen LogP contribution in [0.15, 0.2) is 36.9 Å². The topological polar surface area (TPSA) is 20.2 Å². The van der Waals surface area contributed by atoms with Gasteiger partial charge in [0, 0.05) is 0 Å². The molecule has 114 valence electrons. The molecular formula is C20H28O. The third kappa shape index (κ3) is 3.51. The predicted octanol–water partition coefficient (Wildman–Crippen LogP) is 5.66. The van der Waals surface area contributed by atoms with Crippen molar-refractivity contribution in [2.24, 2.45) is 17.8 Å². The maximum absolute atomic E-state index is 9.40. The molecule has 2 aliphatic rings. The van der Waals surface area contributed by atoms with Crippen LogP contribution in [0.3, 0.4) is 0 Å². The number of phenolic OH excluding ortho intramolecular Hbond substituents is 1. The van der Waals surface area contributed by atoms with Crippen molar-refractivity contribution in [1.29, 1.82) is 0 Å². The Bertz CT molecular complexity index is 445. The number of hydrogen-bond donors (Lipinski definition) is 1. The van der Waals surface area contributed by atoms with Crippen molar-refractivity contribution >= 4 is 0 Å². The third-order valence-electron chi connectivity index (χ3n) is 5.95. The van der Waals surface area contributed by atoms with Crippen molar-refractivity contribution in [3.05, 3.63) is 42.5 Å². The van der Waals surface area contributed by atoms with E-state index in [-0.39, 0.29) is 0 Å². The zero-order valence-electron chi connectivity index (χ0n) is 13.0. The molecule has 1 aromatic carbocycles. The minimum absolute atomic E-state index is 0.381. The highest BCUT2D eigenvalue weighted by atomic mass is 16.3. The summed E-state index contributed by atoms with van der Waals surface area (Å²) in [4.78, 5) is 0. The Morgan fingerprint density at radius 3 is 1.86 bits per heavy atom. The molecule has 21 heavy (non-hydrogen) atoms. The van der Waals surface area contributed by atoms with Gasteiger partial charge < -0.3 is 5.11 Å². The summed E-state index contributed by atoms with van der Waals surface area (Å²) in [5.41, 5.74) is 1.42. The first-order valence-electron chi connectivity index (χ1n) is 8.67. The SMILES string of the molecule is C=CC1CCC(C2CCC(c3ccc(O)cc3)CC2)CC1. The predicted molar refractivity (Wildman–Crippen MR) is 88.5 cm³/mol. The summed E-state index contributed by atoms with van der Waals surface area (Å²) >= 11 is 0. The van der Waals surface area contributed by atoms with Gasteiger partial charge in [-0.2, -0.15) is 0 Å². The van der Waals surface area contributed by atoms with Crippen LogP contribution in [0, 0.1) is 17.8 Å². The molecule has 0 radical (unpaired) electrons. The molecule has 1 heteroatoms. The first kappa shape index (κ1) is 14.7. The lowest BCUT2D eigenvalue weighted by molar-refractivity contribution is 0.171. The average molecular weight is 284 g/mol. The summed E-state index contributed by atoms with van der Waals surface area (Å²) < 4.78 is 0. The lowest BCUT2D eigenvalue weighted by Crippen LogP contribution is -2.25. The van der Waals surface area contributed by atoms with Crippen LogP contribution >= 0.6 is 0 Å². The molecule has 0 bridgehead atoms. The Morgan fingerprint density at radius 1 is 0.810 bits per heavy atom. The summed E-state index contributed by atoms with van der Waals surface area (Å²) in [5, 5.41) is 9.40. The van der Waals surface area contributed by atoms with E-state index in [9.17, 15) is 5.11 Å². The standard InChI is InChI=1S/C20H28O/c1-2-15-3-5-16(6-4-15)17-7-9-18(10-8-17)19-11-13-20(21)14-12-19/h2,11-18,21H,1,3-10H2. The van der Waals surface area contributed by atoms with Crippen LogP contribution < -0.4 is 0 Å². The van der Waals surface area contributed by atoms with Gasteiger partial charge in [0.25, 0.3) is 0 Å². The van der Waals surface area contributed by atoms with E-state index >= 15 is 0 Å².